The monoisotopic (exact) mass is 441 g/mol. The van der Waals surface area contributed by atoms with Crippen LogP contribution >= 0.6 is 24.0 Å². The molecule has 0 aromatic rings. The van der Waals surface area contributed by atoms with Gasteiger partial charge in [-0.25, -0.2) is 0 Å². The highest BCUT2D eigenvalue weighted by atomic mass is 127. The van der Waals surface area contributed by atoms with E-state index >= 15 is 0 Å². The summed E-state index contributed by atoms with van der Waals surface area (Å²) >= 11 is 0. The number of carbonyl (C=O) groups is 1. The summed E-state index contributed by atoms with van der Waals surface area (Å²) in [5, 5.41) is 3.35. The Morgan fingerprint density at radius 2 is 2.04 bits per heavy atom. The quantitative estimate of drug-likeness (QED) is 0.206. The first kappa shape index (κ1) is 22.4. The van der Waals surface area contributed by atoms with Gasteiger partial charge in [0.25, 0.3) is 0 Å². The highest BCUT2D eigenvalue weighted by Gasteiger charge is 2.15. The molecule has 136 valence electrons. The number of rotatable bonds is 8. The Hall–Kier alpha value is -0.570. The van der Waals surface area contributed by atoms with Crippen LogP contribution in [0.3, 0.4) is 0 Å². The molecule has 0 bridgehead atoms. The van der Waals surface area contributed by atoms with Crippen molar-refractivity contribution in [2.75, 3.05) is 47.5 Å². The molecule has 1 rings (SSSR count). The number of hydrogen-bond donors (Lipinski definition) is 1. The van der Waals surface area contributed by atoms with E-state index < -0.39 is 0 Å². The molecule has 1 fully saturated rings. The second-order valence-corrected chi connectivity index (χ2v) is 5.77. The molecular formula is C16H32IN3O3. The number of hydrogen-bond acceptors (Lipinski definition) is 4. The normalized spacial score (nSPS) is 15.7. The molecule has 1 heterocycles. The van der Waals surface area contributed by atoms with Crippen LogP contribution in [0, 0.1) is 5.92 Å². The van der Waals surface area contributed by atoms with Crippen molar-refractivity contribution in [1.29, 1.82) is 0 Å². The Labute approximate surface area is 157 Å². The van der Waals surface area contributed by atoms with Gasteiger partial charge in [0.05, 0.1) is 7.11 Å². The number of aliphatic imine (C=N–C) groups is 1. The minimum absolute atomic E-state index is 0. The maximum Gasteiger partial charge on any atom is 0.305 e. The van der Waals surface area contributed by atoms with E-state index in [2.05, 4.69) is 27.0 Å². The van der Waals surface area contributed by atoms with Crippen molar-refractivity contribution in [3.63, 3.8) is 0 Å². The summed E-state index contributed by atoms with van der Waals surface area (Å²) in [5.41, 5.74) is 0. The molecule has 7 heteroatoms. The number of carbonyl (C=O) groups excluding carboxylic acids is 1. The van der Waals surface area contributed by atoms with Gasteiger partial charge in [-0.3, -0.25) is 9.79 Å². The first-order valence-electron chi connectivity index (χ1n) is 8.23. The van der Waals surface area contributed by atoms with E-state index in [1.54, 1.807) is 0 Å². The van der Waals surface area contributed by atoms with Crippen LogP contribution in [-0.4, -0.2) is 64.3 Å². The molecule has 1 saturated heterocycles. The van der Waals surface area contributed by atoms with E-state index in [1.807, 2.05) is 7.05 Å². The fourth-order valence-corrected chi connectivity index (χ4v) is 2.60. The number of halogens is 1. The van der Waals surface area contributed by atoms with Crippen LogP contribution in [0.25, 0.3) is 0 Å². The van der Waals surface area contributed by atoms with Gasteiger partial charge in [-0.1, -0.05) is 0 Å². The third-order valence-corrected chi connectivity index (χ3v) is 4.11. The lowest BCUT2D eigenvalue weighted by molar-refractivity contribution is -0.140. The van der Waals surface area contributed by atoms with Crippen molar-refractivity contribution in [1.82, 2.24) is 10.2 Å². The molecule has 0 radical (unpaired) electrons. The summed E-state index contributed by atoms with van der Waals surface area (Å²) in [4.78, 5) is 17.5. The zero-order chi connectivity index (χ0) is 16.2. The third-order valence-electron chi connectivity index (χ3n) is 4.11. The summed E-state index contributed by atoms with van der Waals surface area (Å²) in [6.07, 6.45) is 5.78. The molecule has 1 aliphatic rings. The zero-order valence-corrected chi connectivity index (χ0v) is 17.0. The number of methoxy groups -OCH3 is 1. The Balaban J connectivity index is 0.00000484. The topological polar surface area (TPSA) is 63.2 Å². The molecule has 0 atom stereocenters. The smallest absolute Gasteiger partial charge is 0.305 e. The summed E-state index contributed by atoms with van der Waals surface area (Å²) in [7, 11) is 5.31. The van der Waals surface area contributed by atoms with Crippen LogP contribution in [0.2, 0.25) is 0 Å². The minimum atomic E-state index is -0.141. The molecule has 0 saturated carbocycles. The van der Waals surface area contributed by atoms with Crippen molar-refractivity contribution >= 4 is 35.9 Å². The van der Waals surface area contributed by atoms with Gasteiger partial charge in [-0.05, 0) is 38.0 Å². The third kappa shape index (κ3) is 10.0. The Morgan fingerprint density at radius 3 is 2.65 bits per heavy atom. The number of ether oxygens (including phenoxy) is 2. The minimum Gasteiger partial charge on any atom is -0.469 e. The van der Waals surface area contributed by atoms with Gasteiger partial charge in [0.15, 0.2) is 5.96 Å². The van der Waals surface area contributed by atoms with E-state index in [4.69, 9.17) is 4.74 Å². The highest BCUT2D eigenvalue weighted by molar-refractivity contribution is 14.0. The van der Waals surface area contributed by atoms with Crippen LogP contribution in [-0.2, 0) is 14.3 Å². The molecule has 23 heavy (non-hydrogen) atoms. The molecule has 0 amide bonds. The molecule has 6 nitrogen and oxygen atoms in total. The molecular weight excluding hydrogens is 409 g/mol. The van der Waals surface area contributed by atoms with E-state index in [0.29, 0.717) is 6.42 Å². The van der Waals surface area contributed by atoms with E-state index in [0.717, 1.165) is 51.0 Å². The zero-order valence-electron chi connectivity index (χ0n) is 14.7. The standard InChI is InChI=1S/C16H31N3O3.HI/c1-17-16(18-10-5-4-6-15(20)21-3)19(2)11-7-14-8-12-22-13-9-14;/h14H,4-13H2,1-3H3,(H,17,18);1H. The largest absolute Gasteiger partial charge is 0.469 e. The number of unbranched alkanes of at least 4 members (excludes halogenated alkanes) is 1. The van der Waals surface area contributed by atoms with E-state index in [9.17, 15) is 4.79 Å². The lowest BCUT2D eigenvalue weighted by Crippen LogP contribution is -2.40. The molecule has 0 aromatic carbocycles. The van der Waals surface area contributed by atoms with Gasteiger partial charge in [0.1, 0.15) is 0 Å². The van der Waals surface area contributed by atoms with Gasteiger partial charge < -0.3 is 19.7 Å². The van der Waals surface area contributed by atoms with Crippen molar-refractivity contribution in [3.8, 4) is 0 Å². The molecule has 0 unspecified atom stereocenters. The summed E-state index contributed by atoms with van der Waals surface area (Å²) < 4.78 is 10.0. The average Bonchev–Trinajstić information content (AvgIpc) is 2.56. The van der Waals surface area contributed by atoms with Gasteiger partial charge in [0.2, 0.25) is 0 Å². The number of nitrogens with zero attached hydrogens (tertiary/aromatic N) is 2. The second-order valence-electron chi connectivity index (χ2n) is 5.77. The fraction of sp³-hybridized carbons (Fsp3) is 0.875. The first-order chi connectivity index (χ1) is 10.7. The van der Waals surface area contributed by atoms with Gasteiger partial charge in [0, 0.05) is 46.8 Å². The van der Waals surface area contributed by atoms with E-state index in [1.165, 1.54) is 26.4 Å². The maximum atomic E-state index is 11.0. The summed E-state index contributed by atoms with van der Waals surface area (Å²) in [5.74, 6) is 1.55. The van der Waals surface area contributed by atoms with Crippen molar-refractivity contribution in [3.05, 3.63) is 0 Å². The number of nitrogens with one attached hydrogen (secondary N) is 1. The lowest BCUT2D eigenvalue weighted by atomic mass is 9.96. The van der Waals surface area contributed by atoms with Crippen LogP contribution in [0.4, 0.5) is 0 Å². The molecule has 1 aliphatic heterocycles. The number of guanidine groups is 1. The number of esters is 1. The molecule has 0 aromatic heterocycles. The second kappa shape index (κ2) is 13.8. The summed E-state index contributed by atoms with van der Waals surface area (Å²) in [6, 6.07) is 0. The Bertz CT molecular complexity index is 347. The maximum absolute atomic E-state index is 11.0. The van der Waals surface area contributed by atoms with Crippen LogP contribution in [0.1, 0.15) is 38.5 Å². The van der Waals surface area contributed by atoms with Crippen molar-refractivity contribution < 1.29 is 14.3 Å². The van der Waals surface area contributed by atoms with Gasteiger partial charge in [-0.2, -0.15) is 0 Å². The fourth-order valence-electron chi connectivity index (χ4n) is 2.60. The summed E-state index contributed by atoms with van der Waals surface area (Å²) in [6.45, 7) is 3.64. The van der Waals surface area contributed by atoms with Crippen LogP contribution < -0.4 is 5.32 Å². The predicted molar refractivity (Wildman–Crippen MR) is 103 cm³/mol. The van der Waals surface area contributed by atoms with Crippen molar-refractivity contribution in [2.45, 2.75) is 38.5 Å². The average molecular weight is 441 g/mol. The van der Waals surface area contributed by atoms with Gasteiger partial charge >= 0.3 is 5.97 Å². The lowest BCUT2D eigenvalue weighted by Gasteiger charge is -2.26. The molecule has 0 spiro atoms. The molecule has 0 aliphatic carbocycles. The SMILES string of the molecule is CN=C(NCCCCC(=O)OC)N(C)CCC1CCOCC1.I. The van der Waals surface area contributed by atoms with E-state index in [-0.39, 0.29) is 29.9 Å². The van der Waals surface area contributed by atoms with Crippen LogP contribution in [0.5, 0.6) is 0 Å². The predicted octanol–water partition coefficient (Wildman–Crippen LogP) is 2.27. The first-order valence-corrected chi connectivity index (χ1v) is 8.23. The van der Waals surface area contributed by atoms with Crippen molar-refractivity contribution in [2.24, 2.45) is 10.9 Å². The Kier molecular flexibility index (Phi) is 13.5. The van der Waals surface area contributed by atoms with Crippen LogP contribution in [0.15, 0.2) is 4.99 Å². The highest BCUT2D eigenvalue weighted by Crippen LogP contribution is 2.18. The van der Waals surface area contributed by atoms with Gasteiger partial charge in [-0.15, -0.1) is 24.0 Å². The Morgan fingerprint density at radius 1 is 1.35 bits per heavy atom. The molecule has 1 N–H and O–H groups in total.